The standard InChI is InChI=1S/C21H14N6O2S/c28-21(14-3-8-17-18(11-14)26-30-25-17)24-15-4-6-16(7-5-15)29-20-12-19(22-13-23-20)27-9-1-2-10-27/h1-13H,(H,24,28). The predicted octanol–water partition coefficient (Wildman–Crippen LogP) is 4.32. The number of carbonyl (C=O) groups excluding carboxylic acids is 1. The fourth-order valence-electron chi connectivity index (χ4n) is 2.87. The molecule has 0 bridgehead atoms. The molecule has 0 aliphatic heterocycles. The van der Waals surface area contributed by atoms with Gasteiger partial charge >= 0.3 is 0 Å². The molecule has 0 radical (unpaired) electrons. The zero-order chi connectivity index (χ0) is 20.3. The number of ether oxygens (including phenoxy) is 1. The summed E-state index contributed by atoms with van der Waals surface area (Å²) in [6.45, 7) is 0. The van der Waals surface area contributed by atoms with E-state index in [9.17, 15) is 4.79 Å². The molecular weight excluding hydrogens is 400 g/mol. The first-order valence-corrected chi connectivity index (χ1v) is 9.75. The zero-order valence-corrected chi connectivity index (χ0v) is 16.3. The average Bonchev–Trinajstić information content (AvgIpc) is 3.47. The Bertz CT molecular complexity index is 1320. The maximum Gasteiger partial charge on any atom is 0.255 e. The third-order valence-electron chi connectivity index (χ3n) is 4.35. The van der Waals surface area contributed by atoms with Crippen molar-refractivity contribution in [1.29, 1.82) is 0 Å². The van der Waals surface area contributed by atoms with Crippen LogP contribution in [0.1, 0.15) is 10.4 Å². The highest BCUT2D eigenvalue weighted by atomic mass is 32.1. The van der Waals surface area contributed by atoms with Crippen molar-refractivity contribution in [2.24, 2.45) is 0 Å². The molecule has 30 heavy (non-hydrogen) atoms. The number of hydrogen-bond donors (Lipinski definition) is 1. The van der Waals surface area contributed by atoms with Crippen molar-refractivity contribution < 1.29 is 9.53 Å². The van der Waals surface area contributed by atoms with Crippen LogP contribution in [-0.4, -0.2) is 29.2 Å². The van der Waals surface area contributed by atoms with Crippen LogP contribution in [0.4, 0.5) is 5.69 Å². The van der Waals surface area contributed by atoms with Crippen LogP contribution in [-0.2, 0) is 0 Å². The fourth-order valence-corrected chi connectivity index (χ4v) is 3.39. The summed E-state index contributed by atoms with van der Waals surface area (Å²) in [6.07, 6.45) is 5.24. The monoisotopic (exact) mass is 414 g/mol. The van der Waals surface area contributed by atoms with Gasteiger partial charge in [0, 0.05) is 29.7 Å². The number of anilines is 1. The van der Waals surface area contributed by atoms with Crippen LogP contribution in [0.5, 0.6) is 11.6 Å². The smallest absolute Gasteiger partial charge is 0.255 e. The van der Waals surface area contributed by atoms with Crippen LogP contribution < -0.4 is 10.1 Å². The Hall–Kier alpha value is -4.11. The van der Waals surface area contributed by atoms with Crippen molar-refractivity contribution in [2.45, 2.75) is 0 Å². The van der Waals surface area contributed by atoms with E-state index in [0.717, 1.165) is 17.2 Å². The van der Waals surface area contributed by atoms with Crippen LogP contribution in [0, 0.1) is 0 Å². The van der Waals surface area contributed by atoms with Crippen molar-refractivity contribution in [2.75, 3.05) is 5.32 Å². The number of rotatable bonds is 5. The number of amides is 1. The van der Waals surface area contributed by atoms with Crippen molar-refractivity contribution in [3.05, 3.63) is 84.9 Å². The van der Waals surface area contributed by atoms with Crippen LogP contribution in [0.25, 0.3) is 16.9 Å². The number of benzene rings is 2. The van der Waals surface area contributed by atoms with Gasteiger partial charge in [-0.3, -0.25) is 4.79 Å². The molecule has 5 aromatic rings. The second-order valence-corrected chi connectivity index (χ2v) is 6.88. The first-order valence-electron chi connectivity index (χ1n) is 9.02. The van der Waals surface area contributed by atoms with E-state index in [1.54, 1.807) is 48.5 Å². The Morgan fingerprint density at radius 3 is 2.57 bits per heavy atom. The first kappa shape index (κ1) is 18.0. The van der Waals surface area contributed by atoms with Gasteiger partial charge in [-0.1, -0.05) is 0 Å². The van der Waals surface area contributed by atoms with Gasteiger partial charge in [0.2, 0.25) is 5.88 Å². The highest BCUT2D eigenvalue weighted by molar-refractivity contribution is 7.00. The number of fused-ring (bicyclic) bond motifs is 1. The maximum absolute atomic E-state index is 12.5. The molecule has 0 atom stereocenters. The number of carbonyl (C=O) groups is 1. The van der Waals surface area contributed by atoms with E-state index in [2.05, 4.69) is 24.0 Å². The Balaban J connectivity index is 1.27. The molecule has 1 amide bonds. The molecule has 3 heterocycles. The minimum absolute atomic E-state index is 0.217. The highest BCUT2D eigenvalue weighted by Crippen LogP contribution is 2.23. The third kappa shape index (κ3) is 3.74. The van der Waals surface area contributed by atoms with Gasteiger partial charge in [-0.05, 0) is 54.6 Å². The minimum atomic E-state index is -0.217. The van der Waals surface area contributed by atoms with Crippen LogP contribution in [0.3, 0.4) is 0 Å². The van der Waals surface area contributed by atoms with E-state index in [1.807, 2.05) is 29.1 Å². The summed E-state index contributed by atoms with van der Waals surface area (Å²) in [6, 6.07) is 17.9. The van der Waals surface area contributed by atoms with Gasteiger partial charge in [-0.2, -0.15) is 8.75 Å². The second kappa shape index (κ2) is 7.72. The number of aromatic nitrogens is 5. The van der Waals surface area contributed by atoms with Crippen molar-refractivity contribution in [1.82, 2.24) is 23.3 Å². The van der Waals surface area contributed by atoms with Crippen LogP contribution in [0.15, 0.2) is 79.4 Å². The minimum Gasteiger partial charge on any atom is -0.439 e. The van der Waals surface area contributed by atoms with Gasteiger partial charge in [0.25, 0.3) is 5.91 Å². The summed E-state index contributed by atoms with van der Waals surface area (Å²) in [5, 5.41) is 2.87. The Labute approximate surface area is 175 Å². The Kier molecular flexibility index (Phi) is 4.62. The molecule has 0 spiro atoms. The van der Waals surface area contributed by atoms with Crippen LogP contribution in [0.2, 0.25) is 0 Å². The quantitative estimate of drug-likeness (QED) is 0.460. The van der Waals surface area contributed by atoms with Gasteiger partial charge in [-0.15, -0.1) is 0 Å². The van der Waals surface area contributed by atoms with Crippen LogP contribution >= 0.6 is 11.7 Å². The molecule has 0 aliphatic rings. The molecule has 2 aromatic carbocycles. The summed E-state index contributed by atoms with van der Waals surface area (Å²) in [5.41, 5.74) is 2.66. The van der Waals surface area contributed by atoms with E-state index in [4.69, 9.17) is 4.74 Å². The molecule has 0 saturated heterocycles. The molecular formula is C21H14N6O2S. The number of nitrogens with one attached hydrogen (secondary N) is 1. The summed E-state index contributed by atoms with van der Waals surface area (Å²) in [4.78, 5) is 20.9. The largest absolute Gasteiger partial charge is 0.439 e. The van der Waals surface area contributed by atoms with Gasteiger partial charge in [0.05, 0.1) is 11.7 Å². The van der Waals surface area contributed by atoms with Crippen molar-refractivity contribution in [3.8, 4) is 17.4 Å². The van der Waals surface area contributed by atoms with Crippen molar-refractivity contribution >= 4 is 34.4 Å². The Morgan fingerprint density at radius 2 is 1.73 bits per heavy atom. The van der Waals surface area contributed by atoms with Gasteiger partial charge in [0.1, 0.15) is 28.9 Å². The van der Waals surface area contributed by atoms with E-state index >= 15 is 0 Å². The molecule has 146 valence electrons. The number of nitrogens with zero attached hydrogens (tertiary/aromatic N) is 5. The molecule has 0 fully saturated rings. The van der Waals surface area contributed by atoms with E-state index in [0.29, 0.717) is 34.2 Å². The van der Waals surface area contributed by atoms with E-state index < -0.39 is 0 Å². The Morgan fingerprint density at radius 1 is 0.933 bits per heavy atom. The molecule has 3 aromatic heterocycles. The highest BCUT2D eigenvalue weighted by Gasteiger charge is 2.09. The SMILES string of the molecule is O=C(Nc1ccc(Oc2cc(-n3cccc3)ncn2)cc1)c1ccc2nsnc2c1. The molecule has 1 N–H and O–H groups in total. The lowest BCUT2D eigenvalue weighted by molar-refractivity contribution is 0.102. The van der Waals surface area contributed by atoms with Gasteiger partial charge < -0.3 is 14.6 Å². The molecule has 0 aliphatic carbocycles. The molecule has 5 rings (SSSR count). The lowest BCUT2D eigenvalue weighted by Crippen LogP contribution is -2.11. The fraction of sp³-hybridized carbons (Fsp3) is 0. The predicted molar refractivity (Wildman–Crippen MR) is 113 cm³/mol. The van der Waals surface area contributed by atoms with E-state index in [-0.39, 0.29) is 5.91 Å². The lowest BCUT2D eigenvalue weighted by atomic mass is 10.2. The van der Waals surface area contributed by atoms with Crippen molar-refractivity contribution in [3.63, 3.8) is 0 Å². The molecule has 8 nitrogen and oxygen atoms in total. The topological polar surface area (TPSA) is 94.8 Å². The molecule has 0 saturated carbocycles. The average molecular weight is 414 g/mol. The maximum atomic E-state index is 12.5. The second-order valence-electron chi connectivity index (χ2n) is 6.35. The first-order chi connectivity index (χ1) is 14.7. The van der Waals surface area contributed by atoms with Gasteiger partial charge in [0.15, 0.2) is 0 Å². The van der Waals surface area contributed by atoms with Gasteiger partial charge in [-0.25, -0.2) is 9.97 Å². The third-order valence-corrected chi connectivity index (χ3v) is 4.90. The summed E-state index contributed by atoms with van der Waals surface area (Å²) >= 11 is 1.12. The molecule has 9 heteroatoms. The summed E-state index contributed by atoms with van der Waals surface area (Å²) in [5.74, 6) is 1.52. The normalized spacial score (nSPS) is 10.8. The molecule has 0 unspecified atom stereocenters. The summed E-state index contributed by atoms with van der Waals surface area (Å²) in [7, 11) is 0. The number of hydrogen-bond acceptors (Lipinski definition) is 7. The summed E-state index contributed by atoms with van der Waals surface area (Å²) < 4.78 is 16.0. The van der Waals surface area contributed by atoms with E-state index in [1.165, 1.54) is 6.33 Å². The lowest BCUT2D eigenvalue weighted by Gasteiger charge is -2.08. The zero-order valence-electron chi connectivity index (χ0n) is 15.5.